The lowest BCUT2D eigenvalue weighted by Gasteiger charge is -2.41. The molecule has 7 nitrogen and oxygen atoms in total. The molecule has 0 radical (unpaired) electrons. The van der Waals surface area contributed by atoms with E-state index in [1.807, 2.05) is 39.1 Å². The van der Waals surface area contributed by atoms with Crippen LogP contribution in [0.2, 0.25) is 0 Å². The number of alkyl halides is 2. The second-order valence-electron chi connectivity index (χ2n) is 10.4. The van der Waals surface area contributed by atoms with Crippen molar-refractivity contribution in [2.45, 2.75) is 51.9 Å². The lowest BCUT2D eigenvalue weighted by atomic mass is 9.74. The number of carbonyl (C=O) groups is 2. The fourth-order valence-electron chi connectivity index (χ4n) is 5.90. The summed E-state index contributed by atoms with van der Waals surface area (Å²) >= 11 is 0. The van der Waals surface area contributed by atoms with Gasteiger partial charge in [0.25, 0.3) is 11.8 Å². The maximum atomic E-state index is 13.7. The maximum Gasteiger partial charge on any atom is 0.286 e. The van der Waals surface area contributed by atoms with Crippen LogP contribution in [0.15, 0.2) is 54.0 Å². The molecule has 2 aromatic heterocycles. The molecular formula is C29H32F2N4O3. The van der Waals surface area contributed by atoms with E-state index in [1.54, 1.807) is 4.90 Å². The number of ether oxygens (including phenoxy) is 1. The van der Waals surface area contributed by atoms with Gasteiger partial charge in [-0.05, 0) is 55.7 Å². The number of fused-ring (bicyclic) bond motifs is 3. The van der Waals surface area contributed by atoms with Crippen LogP contribution in [0.1, 0.15) is 73.1 Å². The van der Waals surface area contributed by atoms with Gasteiger partial charge in [0.1, 0.15) is 11.5 Å². The molecule has 0 aromatic carbocycles. The zero-order valence-electron chi connectivity index (χ0n) is 22.0. The van der Waals surface area contributed by atoms with Crippen LogP contribution in [-0.4, -0.2) is 41.5 Å². The Balaban J connectivity index is 1.43. The number of amides is 2. The lowest BCUT2D eigenvalue weighted by Crippen LogP contribution is -2.47. The summed E-state index contributed by atoms with van der Waals surface area (Å²) in [7, 11) is 0. The van der Waals surface area contributed by atoms with E-state index in [1.165, 1.54) is 12.3 Å². The number of nitrogens with one attached hydrogen (secondary N) is 1. The van der Waals surface area contributed by atoms with Gasteiger partial charge < -0.3 is 10.1 Å². The minimum atomic E-state index is -3.14. The quantitative estimate of drug-likeness (QED) is 0.593. The minimum Gasteiger partial charge on any atom is -0.381 e. The summed E-state index contributed by atoms with van der Waals surface area (Å²) in [6.45, 7) is 8.36. The van der Waals surface area contributed by atoms with Crippen LogP contribution >= 0.6 is 0 Å². The molecule has 1 saturated heterocycles. The van der Waals surface area contributed by atoms with Crippen molar-refractivity contribution in [2.24, 2.45) is 11.8 Å². The monoisotopic (exact) mass is 522 g/mol. The van der Waals surface area contributed by atoms with E-state index in [0.717, 1.165) is 41.9 Å². The Hall–Kier alpha value is -3.46. The molecular weight excluding hydrogens is 490 g/mol. The largest absolute Gasteiger partial charge is 0.381 e. The molecule has 2 amide bonds. The van der Waals surface area contributed by atoms with Gasteiger partial charge in [-0.1, -0.05) is 18.6 Å². The van der Waals surface area contributed by atoms with Crippen LogP contribution in [0.3, 0.4) is 0 Å². The summed E-state index contributed by atoms with van der Waals surface area (Å²) in [5.74, 6) is -3.10. The van der Waals surface area contributed by atoms with E-state index in [-0.39, 0.29) is 35.1 Å². The first-order valence-corrected chi connectivity index (χ1v) is 13.0. The second kappa shape index (κ2) is 10.0. The number of hydrogen-bond acceptors (Lipinski definition) is 5. The van der Waals surface area contributed by atoms with Crippen LogP contribution in [0.5, 0.6) is 0 Å². The van der Waals surface area contributed by atoms with Crippen molar-refractivity contribution < 1.29 is 23.1 Å². The molecule has 4 atom stereocenters. The van der Waals surface area contributed by atoms with Crippen molar-refractivity contribution in [1.29, 1.82) is 0 Å². The number of halogens is 2. The first kappa shape index (κ1) is 26.2. The van der Waals surface area contributed by atoms with Crippen LogP contribution in [0, 0.1) is 11.8 Å². The summed E-state index contributed by atoms with van der Waals surface area (Å²) in [6, 6.07) is 4.72. The molecule has 0 saturated carbocycles. The predicted octanol–water partition coefficient (Wildman–Crippen LogP) is 5.07. The number of anilines is 1. The maximum absolute atomic E-state index is 13.7. The Labute approximate surface area is 221 Å². The van der Waals surface area contributed by atoms with E-state index in [9.17, 15) is 18.4 Å². The van der Waals surface area contributed by atoms with Crippen molar-refractivity contribution >= 4 is 17.6 Å². The summed E-state index contributed by atoms with van der Waals surface area (Å²) < 4.78 is 33.1. The number of nitrogens with zero attached hydrogens (tertiary/aromatic N) is 3. The van der Waals surface area contributed by atoms with Gasteiger partial charge in [0.15, 0.2) is 0 Å². The van der Waals surface area contributed by atoms with Crippen molar-refractivity contribution in [3.63, 3.8) is 0 Å². The average molecular weight is 523 g/mol. The van der Waals surface area contributed by atoms with Crippen molar-refractivity contribution in [2.75, 3.05) is 24.7 Å². The molecule has 2 aromatic rings. The third-order valence-corrected chi connectivity index (χ3v) is 7.92. The van der Waals surface area contributed by atoms with Gasteiger partial charge in [0, 0.05) is 61.5 Å². The summed E-state index contributed by atoms with van der Waals surface area (Å²) in [5, 5.41) is 2.93. The Morgan fingerprint density at radius 2 is 2.03 bits per heavy atom. The number of pyridine rings is 2. The molecule has 0 spiro atoms. The molecule has 200 valence electrons. The number of aromatic nitrogens is 2. The summed E-state index contributed by atoms with van der Waals surface area (Å²) in [4.78, 5) is 36.3. The SMILES string of the molecule is CCN1C(=O)[C@H]2COCC[C@@H]2c2cc(C3C(C)=CC=C(NC(=O)c4ccnc(C(C)(F)F)c4)C3C)cnc21. The standard InChI is InChI=1S/C29H32F2N4O3/c1-5-35-26-21(20-9-11-38-15-22(20)28(35)37)12-19(14-33-26)25-16(2)6-7-23(17(25)3)34-27(36)18-8-10-32-24(13-18)29(4,30)31/h6-8,10,12-14,17,20,22,25H,5,9,11,15H2,1-4H3,(H,34,36)/t17?,20-,22+,25?/m1/s1. The molecule has 4 heterocycles. The highest BCUT2D eigenvalue weighted by Gasteiger charge is 2.43. The van der Waals surface area contributed by atoms with Crippen molar-refractivity contribution in [3.05, 3.63) is 76.4 Å². The number of hydrogen-bond donors (Lipinski definition) is 1. The van der Waals surface area contributed by atoms with Crippen LogP contribution in [0.25, 0.3) is 0 Å². The highest BCUT2D eigenvalue weighted by molar-refractivity contribution is 5.98. The van der Waals surface area contributed by atoms with Gasteiger partial charge in [-0.2, -0.15) is 8.78 Å². The molecule has 9 heteroatoms. The third kappa shape index (κ3) is 4.64. The highest BCUT2D eigenvalue weighted by atomic mass is 19.3. The lowest BCUT2D eigenvalue weighted by molar-refractivity contribution is -0.128. The van der Waals surface area contributed by atoms with E-state index < -0.39 is 17.5 Å². The van der Waals surface area contributed by atoms with Gasteiger partial charge in [-0.25, -0.2) is 4.98 Å². The zero-order chi connectivity index (χ0) is 27.2. The Morgan fingerprint density at radius 3 is 2.76 bits per heavy atom. The fraction of sp³-hybridized carbons (Fsp3) is 0.448. The third-order valence-electron chi connectivity index (χ3n) is 7.92. The Bertz CT molecular complexity index is 1330. The Kier molecular flexibility index (Phi) is 6.90. The van der Waals surface area contributed by atoms with Gasteiger partial charge >= 0.3 is 0 Å². The van der Waals surface area contributed by atoms with E-state index in [2.05, 4.69) is 16.4 Å². The molecule has 1 fully saturated rings. The molecule has 3 aliphatic rings. The normalized spacial score (nSPS) is 25.2. The van der Waals surface area contributed by atoms with E-state index >= 15 is 0 Å². The number of rotatable bonds is 5. The molecule has 1 N–H and O–H groups in total. The van der Waals surface area contributed by atoms with Crippen LogP contribution in [-0.2, 0) is 15.5 Å². The van der Waals surface area contributed by atoms with Crippen LogP contribution < -0.4 is 10.2 Å². The first-order valence-electron chi connectivity index (χ1n) is 13.0. The first-order chi connectivity index (χ1) is 18.1. The fourth-order valence-corrected chi connectivity index (χ4v) is 5.90. The molecule has 5 rings (SSSR count). The van der Waals surface area contributed by atoms with Gasteiger partial charge in [-0.15, -0.1) is 0 Å². The molecule has 2 unspecified atom stereocenters. The van der Waals surface area contributed by atoms with Gasteiger partial charge in [-0.3, -0.25) is 19.5 Å². The predicted molar refractivity (Wildman–Crippen MR) is 139 cm³/mol. The Morgan fingerprint density at radius 1 is 1.24 bits per heavy atom. The van der Waals surface area contributed by atoms with E-state index in [0.29, 0.717) is 25.5 Å². The average Bonchev–Trinajstić information content (AvgIpc) is 2.90. The smallest absolute Gasteiger partial charge is 0.286 e. The number of carbonyl (C=O) groups excluding carboxylic acids is 2. The second-order valence-corrected chi connectivity index (χ2v) is 10.4. The van der Waals surface area contributed by atoms with Gasteiger partial charge in [0.2, 0.25) is 5.91 Å². The highest BCUT2D eigenvalue weighted by Crippen LogP contribution is 2.45. The number of allylic oxidation sites excluding steroid dienone is 4. The summed E-state index contributed by atoms with van der Waals surface area (Å²) in [6.07, 6.45) is 7.66. The van der Waals surface area contributed by atoms with Crippen molar-refractivity contribution in [3.8, 4) is 0 Å². The van der Waals surface area contributed by atoms with E-state index in [4.69, 9.17) is 9.72 Å². The minimum absolute atomic E-state index is 0.0490. The topological polar surface area (TPSA) is 84.4 Å². The molecule has 2 aliphatic heterocycles. The molecule has 0 bridgehead atoms. The molecule has 38 heavy (non-hydrogen) atoms. The zero-order valence-corrected chi connectivity index (χ0v) is 22.0. The van der Waals surface area contributed by atoms with Gasteiger partial charge in [0.05, 0.1) is 12.5 Å². The van der Waals surface area contributed by atoms with Crippen molar-refractivity contribution in [1.82, 2.24) is 15.3 Å². The van der Waals surface area contributed by atoms with Crippen LogP contribution in [0.4, 0.5) is 14.6 Å². The summed E-state index contributed by atoms with van der Waals surface area (Å²) in [5.41, 5.74) is 3.57. The molecule has 1 aliphatic carbocycles.